The molecule has 0 fully saturated rings. The van der Waals surface area contributed by atoms with Crippen LogP contribution in [-0.2, 0) is 5.41 Å². The highest BCUT2D eigenvalue weighted by molar-refractivity contribution is 6.22. The van der Waals surface area contributed by atoms with Crippen molar-refractivity contribution in [2.45, 2.75) is 19.3 Å². The Morgan fingerprint density at radius 1 is 0.271 bits per heavy atom. The molecule has 0 nitrogen and oxygen atoms in total. The molecule has 0 atom stereocenters. The molecule has 0 N–H and O–H groups in total. The van der Waals surface area contributed by atoms with Gasteiger partial charge in [0, 0.05) is 5.41 Å². The molecule has 0 heterocycles. The molecule has 0 heteroatoms. The minimum absolute atomic E-state index is 0.120. The third-order valence-electron chi connectivity index (χ3n) is 13.2. The molecular weight excluding hydrogens is 709 g/mol. The normalized spacial score (nSPS) is 13.1. The van der Waals surface area contributed by atoms with Gasteiger partial charge in [-0.15, -0.1) is 0 Å². The van der Waals surface area contributed by atoms with Gasteiger partial charge < -0.3 is 0 Å². The molecule has 0 radical (unpaired) electrons. The van der Waals surface area contributed by atoms with Gasteiger partial charge in [0.05, 0.1) is 0 Å². The first kappa shape index (κ1) is 33.8. The molecule has 0 saturated carbocycles. The average molecular weight is 749 g/mol. The van der Waals surface area contributed by atoms with Crippen LogP contribution in [0.5, 0.6) is 0 Å². The van der Waals surface area contributed by atoms with Crippen LogP contribution in [0.25, 0.3) is 109 Å². The lowest BCUT2D eigenvalue weighted by molar-refractivity contribution is 0.666. The van der Waals surface area contributed by atoms with Crippen molar-refractivity contribution in [3.8, 4) is 55.6 Å². The SMILES string of the molecule is CC1(C)c2ccc(-c3cccc(-c4c5ccccc5c(-c5ccc(-c6ccc7ccccc7c6)cc5)c5ccccc45)c3)cc2-c2c1c1ccccc1c1ccccc21. The Hall–Kier alpha value is -7.28. The highest BCUT2D eigenvalue weighted by Crippen LogP contribution is 2.55. The van der Waals surface area contributed by atoms with Crippen LogP contribution in [0.2, 0.25) is 0 Å². The van der Waals surface area contributed by atoms with Crippen LogP contribution in [0.1, 0.15) is 25.0 Å². The summed E-state index contributed by atoms with van der Waals surface area (Å²) in [4.78, 5) is 0. The second-order valence-corrected chi connectivity index (χ2v) is 16.8. The number of benzene rings is 11. The van der Waals surface area contributed by atoms with Crippen molar-refractivity contribution in [2.75, 3.05) is 0 Å². The molecule has 11 aromatic rings. The van der Waals surface area contributed by atoms with Crippen LogP contribution in [-0.4, -0.2) is 0 Å². The van der Waals surface area contributed by atoms with E-state index in [1.807, 2.05) is 0 Å². The fourth-order valence-electron chi connectivity index (χ4n) is 10.5. The van der Waals surface area contributed by atoms with Crippen molar-refractivity contribution >= 4 is 53.9 Å². The lowest BCUT2D eigenvalue weighted by Crippen LogP contribution is -2.15. The Labute approximate surface area is 344 Å². The fourth-order valence-corrected chi connectivity index (χ4v) is 10.5. The second kappa shape index (κ2) is 12.9. The summed E-state index contributed by atoms with van der Waals surface area (Å²) in [7, 11) is 0. The van der Waals surface area contributed by atoms with Crippen LogP contribution < -0.4 is 0 Å². The van der Waals surface area contributed by atoms with Crippen LogP contribution in [0.15, 0.2) is 206 Å². The van der Waals surface area contributed by atoms with Crippen LogP contribution in [0.4, 0.5) is 0 Å². The van der Waals surface area contributed by atoms with Gasteiger partial charge in [0.15, 0.2) is 0 Å². The topological polar surface area (TPSA) is 0 Å². The van der Waals surface area contributed by atoms with Gasteiger partial charge in [-0.3, -0.25) is 0 Å². The van der Waals surface area contributed by atoms with Crippen molar-refractivity contribution < 1.29 is 0 Å². The van der Waals surface area contributed by atoms with E-state index in [1.165, 1.54) is 121 Å². The van der Waals surface area contributed by atoms with Gasteiger partial charge in [-0.1, -0.05) is 202 Å². The lowest BCUT2D eigenvalue weighted by Gasteiger charge is -2.24. The number of rotatable bonds is 4. The molecule has 0 amide bonds. The molecule has 0 spiro atoms. The van der Waals surface area contributed by atoms with Gasteiger partial charge in [0.25, 0.3) is 0 Å². The van der Waals surface area contributed by atoms with Gasteiger partial charge in [-0.2, -0.15) is 0 Å². The first-order chi connectivity index (χ1) is 29.0. The highest BCUT2D eigenvalue weighted by atomic mass is 14.4. The van der Waals surface area contributed by atoms with E-state index < -0.39 is 0 Å². The summed E-state index contributed by atoms with van der Waals surface area (Å²) >= 11 is 0. The number of fused-ring (bicyclic) bond motifs is 11. The molecule has 276 valence electrons. The third kappa shape index (κ3) is 5.09. The minimum atomic E-state index is -0.120. The zero-order valence-corrected chi connectivity index (χ0v) is 33.1. The maximum atomic E-state index is 2.46. The van der Waals surface area contributed by atoms with Crippen molar-refractivity contribution in [3.63, 3.8) is 0 Å². The van der Waals surface area contributed by atoms with Gasteiger partial charge in [0.2, 0.25) is 0 Å². The zero-order valence-electron chi connectivity index (χ0n) is 33.1. The predicted octanol–water partition coefficient (Wildman–Crippen LogP) is 16.4. The maximum Gasteiger partial charge on any atom is 0.0165 e. The van der Waals surface area contributed by atoms with Crippen LogP contribution in [0, 0.1) is 0 Å². The molecule has 1 aliphatic carbocycles. The summed E-state index contributed by atoms with van der Waals surface area (Å²) in [6.45, 7) is 4.80. The van der Waals surface area contributed by atoms with Gasteiger partial charge in [0.1, 0.15) is 0 Å². The molecule has 12 rings (SSSR count). The van der Waals surface area contributed by atoms with E-state index in [0.717, 1.165) is 0 Å². The average Bonchev–Trinajstić information content (AvgIpc) is 3.54. The number of hydrogen-bond acceptors (Lipinski definition) is 0. The minimum Gasteiger partial charge on any atom is -0.0616 e. The molecule has 11 aromatic carbocycles. The Kier molecular flexibility index (Phi) is 7.38. The molecule has 0 aliphatic heterocycles. The van der Waals surface area contributed by atoms with E-state index in [1.54, 1.807) is 0 Å². The van der Waals surface area contributed by atoms with E-state index in [9.17, 15) is 0 Å². The van der Waals surface area contributed by atoms with Gasteiger partial charge in [-0.25, -0.2) is 0 Å². The Balaban J connectivity index is 1.00. The lowest BCUT2D eigenvalue weighted by atomic mass is 9.79. The van der Waals surface area contributed by atoms with E-state index >= 15 is 0 Å². The second-order valence-electron chi connectivity index (χ2n) is 16.8. The van der Waals surface area contributed by atoms with E-state index in [-0.39, 0.29) is 5.41 Å². The quantitative estimate of drug-likeness (QED) is 0.124. The van der Waals surface area contributed by atoms with Crippen molar-refractivity contribution in [3.05, 3.63) is 217 Å². The first-order valence-electron chi connectivity index (χ1n) is 20.8. The highest BCUT2D eigenvalue weighted by Gasteiger charge is 2.38. The molecule has 0 bridgehead atoms. The Bertz CT molecular complexity index is 3450. The largest absolute Gasteiger partial charge is 0.0616 e. The summed E-state index contributed by atoms with van der Waals surface area (Å²) in [5.41, 5.74) is 15.4. The van der Waals surface area contributed by atoms with Gasteiger partial charge in [-0.05, 0) is 139 Å². The summed E-state index contributed by atoms with van der Waals surface area (Å²) in [5, 5.41) is 12.9. The summed E-state index contributed by atoms with van der Waals surface area (Å²) in [6, 6.07) is 76.8. The van der Waals surface area contributed by atoms with E-state index in [4.69, 9.17) is 0 Å². The summed E-state index contributed by atoms with van der Waals surface area (Å²) < 4.78 is 0. The first-order valence-corrected chi connectivity index (χ1v) is 20.8. The van der Waals surface area contributed by atoms with Crippen molar-refractivity contribution in [1.29, 1.82) is 0 Å². The smallest absolute Gasteiger partial charge is 0.0165 e. The monoisotopic (exact) mass is 748 g/mol. The fraction of sp³-hybridized carbons (Fsp3) is 0.0508. The standard InChI is InChI=1S/C59H40/c1-59(2)54-33-32-43(36-53(54)57-47-20-7-5-18-45(47)46-19-6-12-25-52(46)58(57)59)41-16-13-17-44(35-41)56-50-23-10-8-21-48(50)55(49-22-9-11-24-51(49)56)39-29-26-38(27-30-39)42-31-28-37-14-3-4-15-40(37)34-42/h3-36H,1-2H3. The zero-order chi connectivity index (χ0) is 39.2. The predicted molar refractivity (Wildman–Crippen MR) is 253 cm³/mol. The Morgan fingerprint density at radius 3 is 1.37 bits per heavy atom. The molecular formula is C59H40. The van der Waals surface area contributed by atoms with Crippen molar-refractivity contribution in [1.82, 2.24) is 0 Å². The van der Waals surface area contributed by atoms with E-state index in [0.29, 0.717) is 0 Å². The van der Waals surface area contributed by atoms with Crippen LogP contribution >= 0.6 is 0 Å². The molecule has 59 heavy (non-hydrogen) atoms. The molecule has 1 aliphatic rings. The number of hydrogen-bond donors (Lipinski definition) is 0. The summed E-state index contributed by atoms with van der Waals surface area (Å²) in [5.74, 6) is 0. The van der Waals surface area contributed by atoms with Crippen molar-refractivity contribution in [2.24, 2.45) is 0 Å². The molecule has 0 saturated heterocycles. The maximum absolute atomic E-state index is 2.46. The Morgan fingerprint density at radius 2 is 0.712 bits per heavy atom. The summed E-state index contributed by atoms with van der Waals surface area (Å²) in [6.07, 6.45) is 0. The van der Waals surface area contributed by atoms with Crippen LogP contribution in [0.3, 0.4) is 0 Å². The van der Waals surface area contributed by atoms with E-state index in [2.05, 4.69) is 220 Å². The molecule has 0 aromatic heterocycles. The third-order valence-corrected chi connectivity index (χ3v) is 13.2. The molecule has 0 unspecified atom stereocenters. The van der Waals surface area contributed by atoms with Gasteiger partial charge >= 0.3 is 0 Å².